The number of amides is 1. The molecule has 0 unspecified atom stereocenters. The van der Waals surface area contributed by atoms with Crippen molar-refractivity contribution in [2.45, 2.75) is 19.8 Å². The Balaban J connectivity index is 1.61. The molecule has 0 radical (unpaired) electrons. The van der Waals surface area contributed by atoms with Gasteiger partial charge in [-0.15, -0.1) is 0 Å². The fourth-order valence-electron chi connectivity index (χ4n) is 3.52. The molecule has 1 amide bonds. The Morgan fingerprint density at radius 3 is 2.59 bits per heavy atom. The van der Waals surface area contributed by atoms with E-state index in [0.717, 1.165) is 31.5 Å². The molecule has 2 heterocycles. The van der Waals surface area contributed by atoms with Crippen molar-refractivity contribution in [1.29, 1.82) is 0 Å². The molecular formula is C22H21NO4. The lowest BCUT2D eigenvalue weighted by Gasteiger charge is -2.15. The van der Waals surface area contributed by atoms with E-state index in [2.05, 4.69) is 0 Å². The molecule has 0 N–H and O–H groups in total. The number of carbonyl (C=O) groups excluding carboxylic acids is 1. The second-order valence-electron chi connectivity index (χ2n) is 6.76. The molecule has 0 aliphatic carbocycles. The van der Waals surface area contributed by atoms with Crippen LogP contribution in [0.2, 0.25) is 0 Å². The standard InChI is InChI=1S/C22H21NO4/c1-15-21(16-7-3-2-4-8-16)22(25)18-10-9-17(13-19(18)27-15)26-14-20(24)23-11-5-6-12-23/h2-4,7-10,13H,5-6,11-12,14H2,1H3. The molecule has 1 saturated heterocycles. The summed E-state index contributed by atoms with van der Waals surface area (Å²) < 4.78 is 11.5. The van der Waals surface area contributed by atoms with Gasteiger partial charge in [-0.05, 0) is 37.5 Å². The van der Waals surface area contributed by atoms with Crippen molar-refractivity contribution in [3.8, 4) is 16.9 Å². The Hall–Kier alpha value is -3.08. The molecule has 0 saturated carbocycles. The third-order valence-corrected chi connectivity index (χ3v) is 4.92. The van der Waals surface area contributed by atoms with Crippen LogP contribution in [0.5, 0.6) is 5.75 Å². The molecule has 1 aliphatic rings. The van der Waals surface area contributed by atoms with E-state index in [-0.39, 0.29) is 17.9 Å². The Bertz CT molecular complexity index is 1030. The van der Waals surface area contributed by atoms with Crippen molar-refractivity contribution >= 4 is 16.9 Å². The van der Waals surface area contributed by atoms with E-state index in [1.165, 1.54) is 0 Å². The first kappa shape index (κ1) is 17.3. The molecule has 0 spiro atoms. The number of likely N-dealkylation sites (tertiary alicyclic amines) is 1. The molecule has 2 aromatic carbocycles. The Morgan fingerprint density at radius 1 is 1.11 bits per heavy atom. The van der Waals surface area contributed by atoms with Crippen molar-refractivity contribution in [1.82, 2.24) is 4.90 Å². The number of benzene rings is 2. The first-order chi connectivity index (χ1) is 13.1. The van der Waals surface area contributed by atoms with E-state index in [9.17, 15) is 9.59 Å². The summed E-state index contributed by atoms with van der Waals surface area (Å²) in [5.41, 5.74) is 1.80. The van der Waals surface area contributed by atoms with Gasteiger partial charge in [0.1, 0.15) is 17.1 Å². The van der Waals surface area contributed by atoms with Crippen LogP contribution in [-0.2, 0) is 4.79 Å². The zero-order chi connectivity index (χ0) is 18.8. The number of carbonyl (C=O) groups is 1. The lowest BCUT2D eigenvalue weighted by molar-refractivity contribution is -0.132. The second-order valence-corrected chi connectivity index (χ2v) is 6.76. The third kappa shape index (κ3) is 3.45. The summed E-state index contributed by atoms with van der Waals surface area (Å²) in [5, 5.41) is 0.498. The number of hydrogen-bond donors (Lipinski definition) is 0. The molecule has 1 fully saturated rings. The highest BCUT2D eigenvalue weighted by atomic mass is 16.5. The van der Waals surface area contributed by atoms with Crippen LogP contribution in [0.4, 0.5) is 0 Å². The lowest BCUT2D eigenvalue weighted by atomic mass is 10.0. The molecule has 138 valence electrons. The van der Waals surface area contributed by atoms with Gasteiger partial charge in [0, 0.05) is 19.2 Å². The molecular weight excluding hydrogens is 342 g/mol. The Kier molecular flexibility index (Phi) is 4.67. The fraction of sp³-hybridized carbons (Fsp3) is 0.273. The van der Waals surface area contributed by atoms with Crippen molar-refractivity contribution in [2.24, 2.45) is 0 Å². The highest BCUT2D eigenvalue weighted by molar-refractivity contribution is 5.84. The minimum atomic E-state index is -0.0698. The van der Waals surface area contributed by atoms with Gasteiger partial charge in [0.05, 0.1) is 10.9 Å². The molecule has 0 atom stereocenters. The van der Waals surface area contributed by atoms with E-state index in [4.69, 9.17) is 9.15 Å². The number of ether oxygens (including phenoxy) is 1. The maximum absolute atomic E-state index is 12.9. The minimum absolute atomic E-state index is 0.00315. The number of nitrogens with zero attached hydrogens (tertiary/aromatic N) is 1. The maximum Gasteiger partial charge on any atom is 0.260 e. The molecule has 4 rings (SSSR count). The average molecular weight is 363 g/mol. The van der Waals surface area contributed by atoms with E-state index in [0.29, 0.717) is 28.0 Å². The SMILES string of the molecule is Cc1oc2cc(OCC(=O)N3CCCC3)ccc2c(=O)c1-c1ccccc1. The summed E-state index contributed by atoms with van der Waals surface area (Å²) in [5.74, 6) is 1.07. The third-order valence-electron chi connectivity index (χ3n) is 4.92. The number of fused-ring (bicyclic) bond motifs is 1. The predicted molar refractivity (Wildman–Crippen MR) is 104 cm³/mol. The molecule has 5 nitrogen and oxygen atoms in total. The summed E-state index contributed by atoms with van der Waals surface area (Å²) >= 11 is 0. The van der Waals surface area contributed by atoms with Gasteiger partial charge in [-0.3, -0.25) is 9.59 Å². The van der Waals surface area contributed by atoms with Gasteiger partial charge in [0.25, 0.3) is 5.91 Å². The Labute approximate surface area is 157 Å². The van der Waals surface area contributed by atoms with Gasteiger partial charge in [-0.25, -0.2) is 0 Å². The van der Waals surface area contributed by atoms with Gasteiger partial charge in [0.15, 0.2) is 6.61 Å². The van der Waals surface area contributed by atoms with Gasteiger partial charge < -0.3 is 14.1 Å². The first-order valence-corrected chi connectivity index (χ1v) is 9.17. The number of hydrogen-bond acceptors (Lipinski definition) is 4. The summed E-state index contributed by atoms with van der Waals surface area (Å²) in [7, 11) is 0. The summed E-state index contributed by atoms with van der Waals surface area (Å²) in [4.78, 5) is 26.9. The molecule has 1 aromatic heterocycles. The lowest BCUT2D eigenvalue weighted by Crippen LogP contribution is -2.32. The zero-order valence-corrected chi connectivity index (χ0v) is 15.2. The van der Waals surface area contributed by atoms with Crippen LogP contribution in [0.15, 0.2) is 57.7 Å². The van der Waals surface area contributed by atoms with E-state index in [1.54, 1.807) is 25.1 Å². The van der Waals surface area contributed by atoms with Crippen LogP contribution in [0, 0.1) is 6.92 Å². The highest BCUT2D eigenvalue weighted by Crippen LogP contribution is 2.26. The van der Waals surface area contributed by atoms with E-state index >= 15 is 0 Å². The van der Waals surface area contributed by atoms with Crippen LogP contribution in [0.3, 0.4) is 0 Å². The van der Waals surface area contributed by atoms with Gasteiger partial charge in [0.2, 0.25) is 5.43 Å². The summed E-state index contributed by atoms with van der Waals surface area (Å²) in [6.45, 7) is 3.39. The molecule has 0 bridgehead atoms. The van der Waals surface area contributed by atoms with Crippen molar-refractivity contribution in [3.05, 3.63) is 64.5 Å². The molecule has 1 aliphatic heterocycles. The monoisotopic (exact) mass is 363 g/mol. The molecule has 3 aromatic rings. The van der Waals surface area contributed by atoms with E-state index < -0.39 is 0 Å². The zero-order valence-electron chi connectivity index (χ0n) is 15.2. The quantitative estimate of drug-likeness (QED) is 0.708. The smallest absolute Gasteiger partial charge is 0.260 e. The van der Waals surface area contributed by atoms with E-state index in [1.807, 2.05) is 35.2 Å². The average Bonchev–Trinajstić information content (AvgIpc) is 3.21. The van der Waals surface area contributed by atoms with Crippen LogP contribution in [0.1, 0.15) is 18.6 Å². The molecule has 5 heteroatoms. The van der Waals surface area contributed by atoms with Crippen LogP contribution < -0.4 is 10.2 Å². The van der Waals surface area contributed by atoms with Gasteiger partial charge in [-0.2, -0.15) is 0 Å². The number of rotatable bonds is 4. The first-order valence-electron chi connectivity index (χ1n) is 9.17. The van der Waals surface area contributed by atoms with Crippen LogP contribution >= 0.6 is 0 Å². The Morgan fingerprint density at radius 2 is 1.85 bits per heavy atom. The molecule has 27 heavy (non-hydrogen) atoms. The van der Waals surface area contributed by atoms with Crippen LogP contribution in [0.25, 0.3) is 22.1 Å². The second kappa shape index (κ2) is 7.27. The largest absolute Gasteiger partial charge is 0.484 e. The summed E-state index contributed by atoms with van der Waals surface area (Å²) in [6.07, 6.45) is 2.10. The normalized spacial score (nSPS) is 13.9. The summed E-state index contributed by atoms with van der Waals surface area (Å²) in [6, 6.07) is 14.6. The maximum atomic E-state index is 12.9. The fourth-order valence-corrected chi connectivity index (χ4v) is 3.52. The predicted octanol–water partition coefficient (Wildman–Crippen LogP) is 3.77. The van der Waals surface area contributed by atoms with Crippen molar-refractivity contribution in [2.75, 3.05) is 19.7 Å². The van der Waals surface area contributed by atoms with Gasteiger partial charge >= 0.3 is 0 Å². The highest BCUT2D eigenvalue weighted by Gasteiger charge is 2.18. The van der Waals surface area contributed by atoms with Crippen molar-refractivity contribution in [3.63, 3.8) is 0 Å². The minimum Gasteiger partial charge on any atom is -0.484 e. The van der Waals surface area contributed by atoms with Crippen LogP contribution in [-0.4, -0.2) is 30.5 Å². The van der Waals surface area contributed by atoms with Crippen molar-refractivity contribution < 1.29 is 13.9 Å². The topological polar surface area (TPSA) is 59.8 Å². The number of aryl methyl sites for hydroxylation is 1. The van der Waals surface area contributed by atoms with Gasteiger partial charge in [-0.1, -0.05) is 30.3 Å².